The third-order valence-electron chi connectivity index (χ3n) is 2.95. The molecule has 0 amide bonds. The van der Waals surface area contributed by atoms with E-state index in [1.807, 2.05) is 24.3 Å². The quantitative estimate of drug-likeness (QED) is 0.812. The van der Waals surface area contributed by atoms with Crippen molar-refractivity contribution in [2.45, 2.75) is 26.6 Å². The van der Waals surface area contributed by atoms with Crippen molar-refractivity contribution in [1.29, 1.82) is 0 Å². The maximum absolute atomic E-state index is 5.68. The molecular weight excluding hydrogens is 222 g/mol. The van der Waals surface area contributed by atoms with Crippen molar-refractivity contribution in [3.63, 3.8) is 0 Å². The zero-order valence-electron chi connectivity index (χ0n) is 10.7. The Morgan fingerprint density at radius 2 is 1.22 bits per heavy atom. The Bertz CT molecular complexity index is 473. The number of nitrogens with two attached hydrogens (primary N) is 1. The van der Waals surface area contributed by atoms with E-state index < -0.39 is 0 Å². The Morgan fingerprint density at radius 1 is 0.778 bits per heavy atom. The number of aryl methyl sites for hydroxylation is 1. The molecule has 2 rings (SSSR count). The zero-order chi connectivity index (χ0) is 12.8. The molecule has 0 fully saturated rings. The first kappa shape index (κ1) is 12.7. The van der Waals surface area contributed by atoms with E-state index in [4.69, 9.17) is 10.5 Å². The summed E-state index contributed by atoms with van der Waals surface area (Å²) in [5.74, 6) is 0. The van der Waals surface area contributed by atoms with Gasteiger partial charge in [0.2, 0.25) is 0 Å². The van der Waals surface area contributed by atoms with Gasteiger partial charge in [0, 0.05) is 5.69 Å². The summed E-state index contributed by atoms with van der Waals surface area (Å²) >= 11 is 0. The molecule has 0 aliphatic heterocycles. The van der Waals surface area contributed by atoms with E-state index in [0.717, 1.165) is 17.7 Å². The first-order chi connectivity index (χ1) is 8.78. The lowest BCUT2D eigenvalue weighted by Gasteiger charge is -2.06. The normalized spacial score (nSPS) is 10.5. The molecule has 0 radical (unpaired) electrons. The van der Waals surface area contributed by atoms with Gasteiger partial charge < -0.3 is 10.5 Å². The average Bonchev–Trinajstić information content (AvgIpc) is 2.42. The van der Waals surface area contributed by atoms with Crippen molar-refractivity contribution >= 4 is 5.69 Å². The Kier molecular flexibility index (Phi) is 4.37. The fraction of sp³-hybridized carbons (Fsp3) is 0.250. The molecule has 0 saturated heterocycles. The Hall–Kier alpha value is -1.80. The van der Waals surface area contributed by atoms with Gasteiger partial charge in [0.05, 0.1) is 13.2 Å². The lowest BCUT2D eigenvalue weighted by molar-refractivity contribution is 0.107. The summed E-state index contributed by atoms with van der Waals surface area (Å²) < 4.78 is 5.68. The molecule has 2 heteroatoms. The Morgan fingerprint density at radius 3 is 1.72 bits per heavy atom. The second kappa shape index (κ2) is 6.22. The number of nitrogen functional groups attached to an aromatic ring is 1. The lowest BCUT2D eigenvalue weighted by atomic mass is 10.1. The highest BCUT2D eigenvalue weighted by Crippen LogP contribution is 2.10. The van der Waals surface area contributed by atoms with Crippen LogP contribution in [0.15, 0.2) is 48.5 Å². The summed E-state index contributed by atoms with van der Waals surface area (Å²) in [7, 11) is 0. The van der Waals surface area contributed by atoms with Crippen molar-refractivity contribution in [3.8, 4) is 0 Å². The standard InChI is InChI=1S/C16H19NO/c1-2-13-3-5-14(6-4-13)11-18-12-15-7-9-16(17)10-8-15/h3-10H,2,11-12,17H2,1H3. The summed E-state index contributed by atoms with van der Waals surface area (Å²) in [6.07, 6.45) is 1.08. The number of anilines is 1. The van der Waals surface area contributed by atoms with E-state index in [2.05, 4.69) is 31.2 Å². The van der Waals surface area contributed by atoms with Crippen LogP contribution in [0.1, 0.15) is 23.6 Å². The highest BCUT2D eigenvalue weighted by atomic mass is 16.5. The molecule has 2 aromatic rings. The predicted octanol–water partition coefficient (Wildman–Crippen LogP) is 3.55. The van der Waals surface area contributed by atoms with Crippen LogP contribution in [0.3, 0.4) is 0 Å². The molecule has 0 aromatic heterocycles. The summed E-state index contributed by atoms with van der Waals surface area (Å²) in [5.41, 5.74) is 10.1. The van der Waals surface area contributed by atoms with Crippen LogP contribution >= 0.6 is 0 Å². The molecule has 2 nitrogen and oxygen atoms in total. The minimum absolute atomic E-state index is 0.621. The number of hydrogen-bond acceptors (Lipinski definition) is 2. The fourth-order valence-corrected chi connectivity index (χ4v) is 1.77. The van der Waals surface area contributed by atoms with Crippen molar-refractivity contribution in [2.24, 2.45) is 0 Å². The number of ether oxygens (including phenoxy) is 1. The molecule has 2 aromatic carbocycles. The van der Waals surface area contributed by atoms with Crippen LogP contribution in [0.5, 0.6) is 0 Å². The molecule has 0 heterocycles. The highest BCUT2D eigenvalue weighted by molar-refractivity contribution is 5.39. The third-order valence-corrected chi connectivity index (χ3v) is 2.95. The molecule has 18 heavy (non-hydrogen) atoms. The Labute approximate surface area is 108 Å². The van der Waals surface area contributed by atoms with Crippen LogP contribution in [0, 0.1) is 0 Å². The van der Waals surface area contributed by atoms with Crippen LogP contribution in [-0.4, -0.2) is 0 Å². The zero-order valence-corrected chi connectivity index (χ0v) is 10.7. The van der Waals surface area contributed by atoms with Gasteiger partial charge in [-0.25, -0.2) is 0 Å². The third kappa shape index (κ3) is 3.60. The minimum Gasteiger partial charge on any atom is -0.399 e. The summed E-state index contributed by atoms with van der Waals surface area (Å²) in [5, 5.41) is 0. The van der Waals surface area contributed by atoms with Crippen LogP contribution < -0.4 is 5.73 Å². The smallest absolute Gasteiger partial charge is 0.0721 e. The van der Waals surface area contributed by atoms with Gasteiger partial charge in [-0.05, 0) is 35.2 Å². The van der Waals surface area contributed by atoms with Gasteiger partial charge in [-0.15, -0.1) is 0 Å². The number of hydrogen-bond donors (Lipinski definition) is 1. The van der Waals surface area contributed by atoms with Crippen LogP contribution in [0.4, 0.5) is 5.69 Å². The molecule has 0 aliphatic rings. The molecule has 0 atom stereocenters. The van der Waals surface area contributed by atoms with Gasteiger partial charge in [-0.1, -0.05) is 43.3 Å². The first-order valence-electron chi connectivity index (χ1n) is 6.28. The number of rotatable bonds is 5. The van der Waals surface area contributed by atoms with Crippen molar-refractivity contribution in [3.05, 3.63) is 65.2 Å². The van der Waals surface area contributed by atoms with E-state index in [0.29, 0.717) is 13.2 Å². The van der Waals surface area contributed by atoms with Crippen molar-refractivity contribution in [2.75, 3.05) is 5.73 Å². The van der Waals surface area contributed by atoms with E-state index in [1.165, 1.54) is 11.1 Å². The second-order valence-corrected chi connectivity index (χ2v) is 4.40. The van der Waals surface area contributed by atoms with Gasteiger partial charge in [0.1, 0.15) is 0 Å². The van der Waals surface area contributed by atoms with Crippen LogP contribution in [0.2, 0.25) is 0 Å². The second-order valence-electron chi connectivity index (χ2n) is 4.40. The van der Waals surface area contributed by atoms with Crippen molar-refractivity contribution in [1.82, 2.24) is 0 Å². The average molecular weight is 241 g/mol. The largest absolute Gasteiger partial charge is 0.399 e. The Balaban J connectivity index is 1.82. The van der Waals surface area contributed by atoms with E-state index in [1.54, 1.807) is 0 Å². The van der Waals surface area contributed by atoms with Crippen molar-refractivity contribution < 1.29 is 4.74 Å². The van der Waals surface area contributed by atoms with Gasteiger partial charge in [-0.2, -0.15) is 0 Å². The van der Waals surface area contributed by atoms with Gasteiger partial charge in [-0.3, -0.25) is 0 Å². The van der Waals surface area contributed by atoms with E-state index >= 15 is 0 Å². The maximum atomic E-state index is 5.68. The summed E-state index contributed by atoms with van der Waals surface area (Å²) in [6, 6.07) is 16.3. The molecule has 0 spiro atoms. The molecule has 2 N–H and O–H groups in total. The molecule has 0 saturated carbocycles. The van der Waals surface area contributed by atoms with Gasteiger partial charge in [0.15, 0.2) is 0 Å². The minimum atomic E-state index is 0.621. The first-order valence-corrected chi connectivity index (χ1v) is 6.28. The highest BCUT2D eigenvalue weighted by Gasteiger charge is 1.96. The maximum Gasteiger partial charge on any atom is 0.0721 e. The molecule has 0 unspecified atom stereocenters. The van der Waals surface area contributed by atoms with E-state index in [-0.39, 0.29) is 0 Å². The van der Waals surface area contributed by atoms with Crippen LogP contribution in [0.25, 0.3) is 0 Å². The topological polar surface area (TPSA) is 35.2 Å². The van der Waals surface area contributed by atoms with E-state index in [9.17, 15) is 0 Å². The molecule has 94 valence electrons. The lowest BCUT2D eigenvalue weighted by Crippen LogP contribution is -1.95. The predicted molar refractivity (Wildman–Crippen MR) is 75.2 cm³/mol. The summed E-state index contributed by atoms with van der Waals surface area (Å²) in [4.78, 5) is 0. The summed E-state index contributed by atoms with van der Waals surface area (Å²) in [6.45, 7) is 3.43. The molecule has 0 bridgehead atoms. The molecule has 0 aliphatic carbocycles. The fourth-order valence-electron chi connectivity index (χ4n) is 1.77. The number of benzene rings is 2. The van der Waals surface area contributed by atoms with Gasteiger partial charge in [0.25, 0.3) is 0 Å². The van der Waals surface area contributed by atoms with Crippen LogP contribution in [-0.2, 0) is 24.4 Å². The molecular formula is C16H19NO. The SMILES string of the molecule is CCc1ccc(COCc2ccc(N)cc2)cc1. The monoisotopic (exact) mass is 241 g/mol. The van der Waals surface area contributed by atoms with Gasteiger partial charge >= 0.3 is 0 Å².